The zero-order valence-electron chi connectivity index (χ0n) is 28.7. The second kappa shape index (κ2) is 13.3. The summed E-state index contributed by atoms with van der Waals surface area (Å²) >= 11 is 0. The number of hydrogen-bond acceptors (Lipinski definition) is 8. The maximum atomic E-state index is 14.2. The van der Waals surface area contributed by atoms with Gasteiger partial charge in [0.05, 0.1) is 17.2 Å². The molecule has 44 heavy (non-hydrogen) atoms. The molecule has 2 fully saturated rings. The number of likely N-dealkylation sites (tertiary alicyclic amines) is 1. The third kappa shape index (κ3) is 8.90. The van der Waals surface area contributed by atoms with Gasteiger partial charge in [0, 0.05) is 20.0 Å². The van der Waals surface area contributed by atoms with Crippen LogP contribution in [0.5, 0.6) is 0 Å². The van der Waals surface area contributed by atoms with Gasteiger partial charge < -0.3 is 28.4 Å². The molecule has 2 aliphatic rings. The molecule has 2 heterocycles. The van der Waals surface area contributed by atoms with Crippen molar-refractivity contribution in [2.75, 3.05) is 13.6 Å². The van der Waals surface area contributed by atoms with Crippen LogP contribution < -0.4 is 0 Å². The SMILES string of the molecule is CN(C(=O)OC(C)(C)C)[C@H]1CN(C(=O)OC(C)(C)C)[C@](CCCCB2OC(C)(C)C(C)(C)O2)(C(=O)OCc2ccccc2)C1. The Bertz CT molecular complexity index is 1140. The molecule has 0 unspecified atom stereocenters. The quantitative estimate of drug-likeness (QED) is 0.132. The number of nitrogens with zero attached hydrogens (tertiary/aromatic N) is 2. The molecular formula is C33H53BN2O8. The smallest absolute Gasteiger partial charge is 0.457 e. The van der Waals surface area contributed by atoms with E-state index in [1.165, 1.54) is 9.80 Å². The molecule has 1 aromatic rings. The number of benzene rings is 1. The number of likely N-dealkylation sites (N-methyl/N-ethyl adjacent to an activating group) is 1. The summed E-state index contributed by atoms with van der Waals surface area (Å²) in [7, 11) is 1.27. The lowest BCUT2D eigenvalue weighted by atomic mass is 9.80. The average Bonchev–Trinajstić information content (AvgIpc) is 3.37. The molecule has 246 valence electrons. The van der Waals surface area contributed by atoms with Crippen LogP contribution in [0.3, 0.4) is 0 Å². The van der Waals surface area contributed by atoms with Crippen molar-refractivity contribution in [3.05, 3.63) is 35.9 Å². The van der Waals surface area contributed by atoms with Crippen molar-refractivity contribution < 1.29 is 37.9 Å². The van der Waals surface area contributed by atoms with Crippen molar-refractivity contribution in [3.63, 3.8) is 0 Å². The maximum Gasteiger partial charge on any atom is 0.457 e. The van der Waals surface area contributed by atoms with Crippen LogP contribution in [0.15, 0.2) is 30.3 Å². The maximum absolute atomic E-state index is 14.2. The van der Waals surface area contributed by atoms with E-state index in [1.54, 1.807) is 48.6 Å². The standard InChI is InChI=1S/C33H53BN2O8/c1-29(2,3)41-27(38)35(11)25-21-33(36(22-25)28(39)42-30(4,5)6,26(37)40-23-24-17-13-12-14-18-24)19-15-16-20-34-43-31(7,8)32(9,10)44-34/h12-14,17-18,25H,15-16,19-23H2,1-11H3/t25-,33+/m1/s1. The Morgan fingerprint density at radius 1 is 0.932 bits per heavy atom. The monoisotopic (exact) mass is 616 g/mol. The van der Waals surface area contributed by atoms with Gasteiger partial charge in [-0.25, -0.2) is 14.4 Å². The zero-order chi connectivity index (χ0) is 33.1. The highest BCUT2D eigenvalue weighted by molar-refractivity contribution is 6.45. The summed E-state index contributed by atoms with van der Waals surface area (Å²) in [6.45, 7) is 19.0. The third-order valence-corrected chi connectivity index (χ3v) is 8.50. The Balaban J connectivity index is 1.88. The number of esters is 1. The molecule has 0 bridgehead atoms. The lowest BCUT2D eigenvalue weighted by Gasteiger charge is -2.37. The number of carbonyl (C=O) groups excluding carboxylic acids is 3. The van der Waals surface area contributed by atoms with Gasteiger partial charge in [-0.15, -0.1) is 0 Å². The minimum atomic E-state index is -1.35. The molecule has 11 heteroatoms. The van der Waals surface area contributed by atoms with Gasteiger partial charge in [-0.1, -0.05) is 43.2 Å². The Morgan fingerprint density at radius 3 is 2.05 bits per heavy atom. The van der Waals surface area contributed by atoms with E-state index in [-0.39, 0.29) is 26.7 Å². The van der Waals surface area contributed by atoms with Gasteiger partial charge in [-0.2, -0.15) is 0 Å². The van der Waals surface area contributed by atoms with E-state index in [0.717, 1.165) is 5.56 Å². The van der Waals surface area contributed by atoms with Gasteiger partial charge in [-0.05, 0) is 87.5 Å². The fourth-order valence-corrected chi connectivity index (χ4v) is 5.46. The number of ether oxygens (including phenoxy) is 3. The van der Waals surface area contributed by atoms with Crippen LogP contribution in [-0.4, -0.2) is 82.7 Å². The van der Waals surface area contributed by atoms with E-state index in [9.17, 15) is 14.4 Å². The molecule has 0 spiro atoms. The molecule has 2 saturated heterocycles. The molecule has 0 aliphatic carbocycles. The van der Waals surface area contributed by atoms with Gasteiger partial charge in [0.2, 0.25) is 0 Å². The Hall–Kier alpha value is -2.79. The minimum absolute atomic E-state index is 0.0596. The summed E-state index contributed by atoms with van der Waals surface area (Å²) in [6.07, 6.45) is 1.27. The van der Waals surface area contributed by atoms with Crippen molar-refractivity contribution in [1.82, 2.24) is 9.80 Å². The number of hydrogen-bond donors (Lipinski definition) is 0. The van der Waals surface area contributed by atoms with Crippen LogP contribution in [0.2, 0.25) is 6.32 Å². The fourth-order valence-electron chi connectivity index (χ4n) is 5.46. The molecule has 1 aromatic carbocycles. The summed E-state index contributed by atoms with van der Waals surface area (Å²) < 4.78 is 29.7. The van der Waals surface area contributed by atoms with Crippen LogP contribution in [0.25, 0.3) is 0 Å². The van der Waals surface area contributed by atoms with Crippen molar-refractivity contribution in [3.8, 4) is 0 Å². The number of carbonyl (C=O) groups is 3. The van der Waals surface area contributed by atoms with Gasteiger partial charge in [-0.3, -0.25) is 4.90 Å². The predicted octanol–water partition coefficient (Wildman–Crippen LogP) is 6.61. The van der Waals surface area contributed by atoms with Crippen LogP contribution >= 0.6 is 0 Å². The lowest BCUT2D eigenvalue weighted by Crippen LogP contribution is -2.55. The Labute approximate surface area is 264 Å². The number of amides is 2. The van der Waals surface area contributed by atoms with Crippen LogP contribution in [-0.2, 0) is 34.9 Å². The van der Waals surface area contributed by atoms with Gasteiger partial charge >= 0.3 is 25.3 Å². The first-order chi connectivity index (χ1) is 20.2. The minimum Gasteiger partial charge on any atom is -0.459 e. The molecule has 2 aliphatic heterocycles. The molecular weight excluding hydrogens is 563 g/mol. The largest absolute Gasteiger partial charge is 0.459 e. The van der Waals surface area contributed by atoms with Crippen molar-refractivity contribution in [2.24, 2.45) is 0 Å². The first-order valence-corrected chi connectivity index (χ1v) is 15.7. The summed E-state index contributed by atoms with van der Waals surface area (Å²) in [5.41, 5.74) is -2.87. The van der Waals surface area contributed by atoms with Gasteiger partial charge in [0.25, 0.3) is 0 Å². The normalized spacial score (nSPS) is 22.9. The van der Waals surface area contributed by atoms with E-state index >= 15 is 0 Å². The topological polar surface area (TPSA) is 104 Å². The van der Waals surface area contributed by atoms with Gasteiger partial charge in [0.15, 0.2) is 0 Å². The fraction of sp³-hybridized carbons (Fsp3) is 0.727. The van der Waals surface area contributed by atoms with Crippen molar-refractivity contribution in [2.45, 2.75) is 142 Å². The summed E-state index contributed by atoms with van der Waals surface area (Å²) in [5, 5.41) is 0. The van der Waals surface area contributed by atoms with Crippen molar-refractivity contribution in [1.29, 1.82) is 0 Å². The average molecular weight is 617 g/mol. The van der Waals surface area contributed by atoms with Crippen LogP contribution in [0, 0.1) is 0 Å². The second-order valence-electron chi connectivity index (χ2n) is 15.1. The van der Waals surface area contributed by atoms with E-state index < -0.39 is 52.1 Å². The van der Waals surface area contributed by atoms with Crippen LogP contribution in [0.4, 0.5) is 9.59 Å². The lowest BCUT2D eigenvalue weighted by molar-refractivity contribution is -0.158. The highest BCUT2D eigenvalue weighted by atomic mass is 16.7. The van der Waals surface area contributed by atoms with E-state index in [2.05, 4.69) is 0 Å². The molecule has 0 radical (unpaired) electrons. The summed E-state index contributed by atoms with van der Waals surface area (Å²) in [4.78, 5) is 43.9. The first kappa shape index (κ1) is 35.7. The summed E-state index contributed by atoms with van der Waals surface area (Å²) in [6, 6.07) is 8.91. The van der Waals surface area contributed by atoms with E-state index in [1.807, 2.05) is 58.0 Å². The highest BCUT2D eigenvalue weighted by Gasteiger charge is 2.57. The highest BCUT2D eigenvalue weighted by Crippen LogP contribution is 2.41. The van der Waals surface area contributed by atoms with E-state index in [0.29, 0.717) is 25.6 Å². The molecule has 2 atom stereocenters. The predicted molar refractivity (Wildman–Crippen MR) is 169 cm³/mol. The van der Waals surface area contributed by atoms with E-state index in [4.69, 9.17) is 23.5 Å². The Kier molecular flexibility index (Phi) is 10.8. The first-order valence-electron chi connectivity index (χ1n) is 15.7. The second-order valence-corrected chi connectivity index (χ2v) is 15.1. The number of rotatable bonds is 9. The third-order valence-electron chi connectivity index (χ3n) is 8.50. The van der Waals surface area contributed by atoms with Crippen molar-refractivity contribution >= 4 is 25.3 Å². The van der Waals surface area contributed by atoms with Gasteiger partial charge in [0.1, 0.15) is 23.3 Å². The number of unbranched alkanes of at least 4 members (excludes halogenated alkanes) is 1. The molecule has 3 rings (SSSR count). The molecule has 2 amide bonds. The zero-order valence-corrected chi connectivity index (χ0v) is 28.7. The summed E-state index contributed by atoms with van der Waals surface area (Å²) in [5.74, 6) is -0.525. The molecule has 10 nitrogen and oxygen atoms in total. The van der Waals surface area contributed by atoms with Crippen LogP contribution in [0.1, 0.15) is 100 Å². The molecule has 0 N–H and O–H groups in total. The Morgan fingerprint density at radius 2 is 1.50 bits per heavy atom. The molecule has 0 aromatic heterocycles. The molecule has 0 saturated carbocycles.